The quantitative estimate of drug-likeness (QED) is 0.902. The van der Waals surface area contributed by atoms with Crippen LogP contribution in [0.25, 0.3) is 0 Å². The van der Waals surface area contributed by atoms with Crippen LogP contribution in [-0.4, -0.2) is 26.0 Å². The van der Waals surface area contributed by atoms with Crippen molar-refractivity contribution in [3.05, 3.63) is 52.9 Å². The zero-order chi connectivity index (χ0) is 13.8. The third kappa shape index (κ3) is 3.34. The molecule has 0 unspecified atom stereocenters. The predicted octanol–water partition coefficient (Wildman–Crippen LogP) is 1.71. The maximum atomic E-state index is 10.8. The van der Waals surface area contributed by atoms with Crippen molar-refractivity contribution >= 4 is 5.97 Å². The Morgan fingerprint density at radius 1 is 1.16 bits per heavy atom. The standard InChI is InChI=1S/C14H15N3O2/c1-9-12(8-14(18)19)10(2)17-13(16-9)7-11-3-5-15-6-4-11/h3-6H,7-8H2,1-2H3,(H,18,19). The van der Waals surface area contributed by atoms with E-state index in [0.717, 1.165) is 17.0 Å². The number of aryl methyl sites for hydroxylation is 2. The molecule has 98 valence electrons. The summed E-state index contributed by atoms with van der Waals surface area (Å²) < 4.78 is 0. The van der Waals surface area contributed by atoms with Crippen LogP contribution in [0.4, 0.5) is 0 Å². The van der Waals surface area contributed by atoms with Crippen molar-refractivity contribution < 1.29 is 9.90 Å². The highest BCUT2D eigenvalue weighted by molar-refractivity contribution is 5.70. The van der Waals surface area contributed by atoms with Gasteiger partial charge in [0, 0.05) is 35.8 Å². The summed E-state index contributed by atoms with van der Waals surface area (Å²) in [5.74, 6) is -0.160. The molecular formula is C14H15N3O2. The van der Waals surface area contributed by atoms with Gasteiger partial charge in [-0.15, -0.1) is 0 Å². The zero-order valence-corrected chi connectivity index (χ0v) is 10.9. The summed E-state index contributed by atoms with van der Waals surface area (Å²) in [7, 11) is 0. The summed E-state index contributed by atoms with van der Waals surface area (Å²) in [4.78, 5) is 23.5. The SMILES string of the molecule is Cc1nc(Cc2ccncc2)nc(C)c1CC(=O)O. The molecule has 2 rings (SSSR count). The molecule has 0 amide bonds. The van der Waals surface area contributed by atoms with Gasteiger partial charge in [0.2, 0.25) is 0 Å². The molecular weight excluding hydrogens is 242 g/mol. The first kappa shape index (κ1) is 13.1. The van der Waals surface area contributed by atoms with Crippen LogP contribution >= 0.6 is 0 Å². The number of carboxylic acid groups (broad SMARTS) is 1. The highest BCUT2D eigenvalue weighted by Crippen LogP contribution is 2.13. The second-order valence-corrected chi connectivity index (χ2v) is 4.39. The molecule has 0 aliphatic rings. The van der Waals surface area contributed by atoms with E-state index in [1.54, 1.807) is 12.4 Å². The Balaban J connectivity index is 2.27. The summed E-state index contributed by atoms with van der Waals surface area (Å²) >= 11 is 0. The molecule has 19 heavy (non-hydrogen) atoms. The molecule has 0 aliphatic carbocycles. The van der Waals surface area contributed by atoms with Crippen LogP contribution in [0.3, 0.4) is 0 Å². The van der Waals surface area contributed by atoms with E-state index in [1.807, 2.05) is 26.0 Å². The highest BCUT2D eigenvalue weighted by atomic mass is 16.4. The monoisotopic (exact) mass is 257 g/mol. The van der Waals surface area contributed by atoms with E-state index in [0.29, 0.717) is 17.8 Å². The second-order valence-electron chi connectivity index (χ2n) is 4.39. The maximum absolute atomic E-state index is 10.8. The Labute approximate surface area is 111 Å². The van der Waals surface area contributed by atoms with Crippen LogP contribution in [0.2, 0.25) is 0 Å². The molecule has 2 aromatic rings. The van der Waals surface area contributed by atoms with Crippen LogP contribution in [0.1, 0.15) is 28.3 Å². The van der Waals surface area contributed by atoms with E-state index in [-0.39, 0.29) is 6.42 Å². The first-order valence-electron chi connectivity index (χ1n) is 6.00. The van der Waals surface area contributed by atoms with Gasteiger partial charge in [-0.05, 0) is 31.5 Å². The predicted molar refractivity (Wildman–Crippen MR) is 69.9 cm³/mol. The minimum atomic E-state index is -0.864. The maximum Gasteiger partial charge on any atom is 0.307 e. The van der Waals surface area contributed by atoms with E-state index in [2.05, 4.69) is 15.0 Å². The van der Waals surface area contributed by atoms with Gasteiger partial charge in [-0.1, -0.05) is 0 Å². The Morgan fingerprint density at radius 3 is 2.26 bits per heavy atom. The van der Waals surface area contributed by atoms with Crippen molar-refractivity contribution in [2.45, 2.75) is 26.7 Å². The summed E-state index contributed by atoms with van der Waals surface area (Å²) in [6.07, 6.45) is 4.05. The fourth-order valence-corrected chi connectivity index (χ4v) is 1.98. The van der Waals surface area contributed by atoms with Gasteiger partial charge >= 0.3 is 5.97 Å². The van der Waals surface area contributed by atoms with Crippen molar-refractivity contribution in [1.82, 2.24) is 15.0 Å². The molecule has 2 aromatic heterocycles. The zero-order valence-electron chi connectivity index (χ0n) is 10.9. The lowest BCUT2D eigenvalue weighted by atomic mass is 10.1. The molecule has 0 saturated carbocycles. The summed E-state index contributed by atoms with van der Waals surface area (Å²) in [6.45, 7) is 3.64. The first-order chi connectivity index (χ1) is 9.06. The number of aliphatic carboxylic acids is 1. The Morgan fingerprint density at radius 2 is 1.74 bits per heavy atom. The van der Waals surface area contributed by atoms with Crippen molar-refractivity contribution in [3.8, 4) is 0 Å². The fourth-order valence-electron chi connectivity index (χ4n) is 1.98. The van der Waals surface area contributed by atoms with Crippen LogP contribution in [0.15, 0.2) is 24.5 Å². The van der Waals surface area contributed by atoms with E-state index in [4.69, 9.17) is 5.11 Å². The van der Waals surface area contributed by atoms with Crippen molar-refractivity contribution in [1.29, 1.82) is 0 Å². The lowest BCUT2D eigenvalue weighted by Gasteiger charge is -2.09. The van der Waals surface area contributed by atoms with E-state index >= 15 is 0 Å². The van der Waals surface area contributed by atoms with Gasteiger partial charge in [-0.3, -0.25) is 9.78 Å². The van der Waals surface area contributed by atoms with Gasteiger partial charge in [0.1, 0.15) is 5.82 Å². The first-order valence-corrected chi connectivity index (χ1v) is 6.00. The summed E-state index contributed by atoms with van der Waals surface area (Å²) in [5, 5.41) is 8.86. The summed E-state index contributed by atoms with van der Waals surface area (Å²) in [6, 6.07) is 3.83. The van der Waals surface area contributed by atoms with E-state index in [1.165, 1.54) is 0 Å². The molecule has 0 fully saturated rings. The number of nitrogens with zero attached hydrogens (tertiary/aromatic N) is 3. The Kier molecular flexibility index (Phi) is 3.85. The average Bonchev–Trinajstić information content (AvgIpc) is 2.35. The second kappa shape index (κ2) is 5.56. The topological polar surface area (TPSA) is 76.0 Å². The number of hydrogen-bond acceptors (Lipinski definition) is 4. The molecule has 5 heteroatoms. The molecule has 0 atom stereocenters. The fraction of sp³-hybridized carbons (Fsp3) is 0.286. The Hall–Kier alpha value is -2.30. The van der Waals surface area contributed by atoms with E-state index in [9.17, 15) is 4.79 Å². The van der Waals surface area contributed by atoms with Crippen LogP contribution in [0.5, 0.6) is 0 Å². The van der Waals surface area contributed by atoms with Crippen LogP contribution < -0.4 is 0 Å². The Bertz CT molecular complexity index is 574. The number of hydrogen-bond donors (Lipinski definition) is 1. The lowest BCUT2D eigenvalue weighted by molar-refractivity contribution is -0.136. The number of rotatable bonds is 4. The largest absolute Gasteiger partial charge is 0.481 e. The molecule has 0 aromatic carbocycles. The molecule has 0 radical (unpaired) electrons. The molecule has 2 heterocycles. The van der Waals surface area contributed by atoms with Gasteiger partial charge in [0.25, 0.3) is 0 Å². The third-order valence-corrected chi connectivity index (χ3v) is 2.91. The van der Waals surface area contributed by atoms with Crippen molar-refractivity contribution in [3.63, 3.8) is 0 Å². The molecule has 0 aliphatic heterocycles. The molecule has 0 spiro atoms. The van der Waals surface area contributed by atoms with Gasteiger partial charge < -0.3 is 5.11 Å². The number of carbonyl (C=O) groups is 1. The molecule has 1 N–H and O–H groups in total. The van der Waals surface area contributed by atoms with Gasteiger partial charge in [-0.25, -0.2) is 9.97 Å². The van der Waals surface area contributed by atoms with E-state index < -0.39 is 5.97 Å². The number of aromatic nitrogens is 3. The third-order valence-electron chi connectivity index (χ3n) is 2.91. The lowest BCUT2D eigenvalue weighted by Crippen LogP contribution is -2.10. The minimum absolute atomic E-state index is 0.0345. The molecule has 5 nitrogen and oxygen atoms in total. The van der Waals surface area contributed by atoms with Crippen LogP contribution in [-0.2, 0) is 17.6 Å². The average molecular weight is 257 g/mol. The van der Waals surface area contributed by atoms with Crippen LogP contribution in [0, 0.1) is 13.8 Å². The molecule has 0 saturated heterocycles. The van der Waals surface area contributed by atoms with Crippen molar-refractivity contribution in [2.24, 2.45) is 0 Å². The number of pyridine rings is 1. The smallest absolute Gasteiger partial charge is 0.307 e. The molecule has 0 bridgehead atoms. The highest BCUT2D eigenvalue weighted by Gasteiger charge is 2.11. The van der Waals surface area contributed by atoms with Gasteiger partial charge in [0.05, 0.1) is 6.42 Å². The summed E-state index contributed by atoms with van der Waals surface area (Å²) in [5.41, 5.74) is 3.25. The number of carboxylic acids is 1. The minimum Gasteiger partial charge on any atom is -0.481 e. The van der Waals surface area contributed by atoms with Crippen molar-refractivity contribution in [2.75, 3.05) is 0 Å². The normalized spacial score (nSPS) is 10.4. The van der Waals surface area contributed by atoms with Gasteiger partial charge in [-0.2, -0.15) is 0 Å². The van der Waals surface area contributed by atoms with Gasteiger partial charge in [0.15, 0.2) is 0 Å².